The molecule has 1 aromatic heterocycles. The van der Waals surface area contributed by atoms with Gasteiger partial charge in [0.1, 0.15) is 17.1 Å². The van der Waals surface area contributed by atoms with Crippen molar-refractivity contribution in [3.8, 4) is 5.75 Å². The summed E-state index contributed by atoms with van der Waals surface area (Å²) in [5.41, 5.74) is 1.13. The molecule has 1 aliphatic rings. The van der Waals surface area contributed by atoms with Gasteiger partial charge in [-0.2, -0.15) is 0 Å². The van der Waals surface area contributed by atoms with Crippen molar-refractivity contribution in [3.63, 3.8) is 0 Å². The molecular weight excluding hydrogens is 270 g/mol. The molecule has 1 aliphatic heterocycles. The lowest BCUT2D eigenvalue weighted by Crippen LogP contribution is -2.35. The Bertz CT molecular complexity index is 701. The predicted molar refractivity (Wildman–Crippen MR) is 79.6 cm³/mol. The van der Waals surface area contributed by atoms with Crippen LogP contribution in [0.15, 0.2) is 27.4 Å². The van der Waals surface area contributed by atoms with Crippen LogP contribution >= 0.6 is 0 Å². The van der Waals surface area contributed by atoms with Crippen LogP contribution in [0.4, 0.5) is 0 Å². The molecule has 0 spiro atoms. The molecule has 0 atom stereocenters. The number of rotatable bonds is 3. The number of fused-ring (bicyclic) bond motifs is 1. The third-order valence-electron chi connectivity index (χ3n) is 3.86. The van der Waals surface area contributed by atoms with Crippen molar-refractivity contribution in [1.29, 1.82) is 0 Å². The van der Waals surface area contributed by atoms with Crippen molar-refractivity contribution in [1.82, 2.24) is 4.90 Å². The van der Waals surface area contributed by atoms with E-state index in [2.05, 4.69) is 4.90 Å². The van der Waals surface area contributed by atoms with Crippen LogP contribution in [0.3, 0.4) is 0 Å². The minimum Gasteiger partial charge on any atom is -0.507 e. The summed E-state index contributed by atoms with van der Waals surface area (Å²) in [7, 11) is 0. The van der Waals surface area contributed by atoms with E-state index in [1.165, 1.54) is 6.07 Å². The second-order valence-corrected chi connectivity index (χ2v) is 5.26. The van der Waals surface area contributed by atoms with Crippen LogP contribution in [0, 0.1) is 0 Å². The summed E-state index contributed by atoms with van der Waals surface area (Å²) in [6.07, 6.45) is 0.651. The van der Waals surface area contributed by atoms with Crippen LogP contribution in [-0.4, -0.2) is 36.3 Å². The molecule has 21 heavy (non-hydrogen) atoms. The Hall–Kier alpha value is -1.85. The maximum absolute atomic E-state index is 12.1. The van der Waals surface area contributed by atoms with Crippen molar-refractivity contribution >= 4 is 11.0 Å². The second kappa shape index (κ2) is 5.87. The van der Waals surface area contributed by atoms with Gasteiger partial charge in [0, 0.05) is 32.1 Å². The standard InChI is InChI=1S/C16H19NO4/c1-2-11-9-15(19)12-3-4-14(18)13(16(12)21-11)10-17-5-7-20-8-6-17/h3-4,9,18H,2,5-8,10H2,1H3. The summed E-state index contributed by atoms with van der Waals surface area (Å²) in [5, 5.41) is 10.7. The summed E-state index contributed by atoms with van der Waals surface area (Å²) in [5.74, 6) is 0.812. The molecule has 5 heteroatoms. The first-order valence-electron chi connectivity index (χ1n) is 7.26. The molecule has 2 heterocycles. The van der Waals surface area contributed by atoms with E-state index in [0.29, 0.717) is 48.5 Å². The van der Waals surface area contributed by atoms with Crippen LogP contribution in [0.1, 0.15) is 18.2 Å². The van der Waals surface area contributed by atoms with Gasteiger partial charge in [0.25, 0.3) is 0 Å². The summed E-state index contributed by atoms with van der Waals surface area (Å²) >= 11 is 0. The smallest absolute Gasteiger partial charge is 0.192 e. The molecule has 0 amide bonds. The van der Waals surface area contributed by atoms with E-state index in [1.54, 1.807) is 12.1 Å². The van der Waals surface area contributed by atoms with E-state index < -0.39 is 0 Å². The number of aromatic hydroxyl groups is 1. The van der Waals surface area contributed by atoms with Gasteiger partial charge in [0.15, 0.2) is 5.43 Å². The average Bonchev–Trinajstić information content (AvgIpc) is 2.51. The van der Waals surface area contributed by atoms with E-state index in [0.717, 1.165) is 13.1 Å². The zero-order chi connectivity index (χ0) is 14.8. The number of nitrogens with zero attached hydrogens (tertiary/aromatic N) is 1. The van der Waals surface area contributed by atoms with E-state index in [4.69, 9.17) is 9.15 Å². The first kappa shape index (κ1) is 14.1. The fraction of sp³-hybridized carbons (Fsp3) is 0.438. The molecule has 112 valence electrons. The zero-order valence-electron chi connectivity index (χ0n) is 12.1. The Balaban J connectivity index is 2.08. The lowest BCUT2D eigenvalue weighted by molar-refractivity contribution is 0.0339. The molecule has 0 saturated carbocycles. The number of phenols is 1. The lowest BCUT2D eigenvalue weighted by atomic mass is 10.1. The van der Waals surface area contributed by atoms with Crippen molar-refractivity contribution in [2.75, 3.05) is 26.3 Å². The van der Waals surface area contributed by atoms with Crippen LogP contribution in [0.5, 0.6) is 5.75 Å². The molecule has 0 bridgehead atoms. The number of morpholine rings is 1. The topological polar surface area (TPSA) is 62.9 Å². The fourth-order valence-electron chi connectivity index (χ4n) is 2.62. The fourth-order valence-corrected chi connectivity index (χ4v) is 2.62. The van der Waals surface area contributed by atoms with Gasteiger partial charge in [0.2, 0.25) is 0 Å². The van der Waals surface area contributed by atoms with Crippen molar-refractivity contribution in [2.24, 2.45) is 0 Å². The number of hydrogen-bond donors (Lipinski definition) is 1. The Morgan fingerprint density at radius 3 is 2.76 bits per heavy atom. The zero-order valence-corrected chi connectivity index (χ0v) is 12.1. The molecule has 0 radical (unpaired) electrons. The van der Waals surface area contributed by atoms with Gasteiger partial charge in [-0.3, -0.25) is 9.69 Å². The minimum absolute atomic E-state index is 0.0590. The Labute approximate surface area is 122 Å². The Morgan fingerprint density at radius 2 is 2.05 bits per heavy atom. The second-order valence-electron chi connectivity index (χ2n) is 5.26. The van der Waals surface area contributed by atoms with Gasteiger partial charge in [-0.15, -0.1) is 0 Å². The molecule has 1 aromatic carbocycles. The molecule has 1 fully saturated rings. The highest BCUT2D eigenvalue weighted by Gasteiger charge is 2.17. The lowest BCUT2D eigenvalue weighted by Gasteiger charge is -2.27. The van der Waals surface area contributed by atoms with Crippen LogP contribution < -0.4 is 5.43 Å². The molecule has 0 unspecified atom stereocenters. The SMILES string of the molecule is CCc1cc(=O)c2ccc(O)c(CN3CCOCC3)c2o1. The highest BCUT2D eigenvalue weighted by Crippen LogP contribution is 2.28. The molecule has 1 saturated heterocycles. The summed E-state index contributed by atoms with van der Waals surface area (Å²) in [6, 6.07) is 4.72. The van der Waals surface area contributed by atoms with Crippen molar-refractivity contribution in [3.05, 3.63) is 39.7 Å². The van der Waals surface area contributed by atoms with Gasteiger partial charge in [-0.25, -0.2) is 0 Å². The third-order valence-corrected chi connectivity index (χ3v) is 3.86. The number of ether oxygens (including phenoxy) is 1. The molecule has 2 aromatic rings. The first-order valence-corrected chi connectivity index (χ1v) is 7.26. The van der Waals surface area contributed by atoms with E-state index >= 15 is 0 Å². The first-order chi connectivity index (χ1) is 10.2. The van der Waals surface area contributed by atoms with Gasteiger partial charge >= 0.3 is 0 Å². The van der Waals surface area contributed by atoms with Crippen LogP contribution in [0.2, 0.25) is 0 Å². The summed E-state index contributed by atoms with van der Waals surface area (Å²) in [4.78, 5) is 14.3. The van der Waals surface area contributed by atoms with Gasteiger partial charge in [0.05, 0.1) is 24.2 Å². The summed E-state index contributed by atoms with van der Waals surface area (Å²) in [6.45, 7) is 5.50. The minimum atomic E-state index is -0.0590. The average molecular weight is 289 g/mol. The Kier molecular flexibility index (Phi) is 3.94. The van der Waals surface area contributed by atoms with Gasteiger partial charge in [-0.05, 0) is 12.1 Å². The van der Waals surface area contributed by atoms with E-state index in [9.17, 15) is 9.90 Å². The number of phenolic OH excluding ortho intramolecular Hbond substituents is 1. The van der Waals surface area contributed by atoms with E-state index in [1.807, 2.05) is 6.92 Å². The van der Waals surface area contributed by atoms with Crippen LogP contribution in [-0.2, 0) is 17.7 Å². The normalized spacial score (nSPS) is 16.4. The number of aryl methyl sites for hydroxylation is 1. The van der Waals surface area contributed by atoms with Gasteiger partial charge < -0.3 is 14.3 Å². The number of hydrogen-bond acceptors (Lipinski definition) is 5. The Morgan fingerprint density at radius 1 is 1.29 bits per heavy atom. The highest BCUT2D eigenvalue weighted by molar-refractivity contribution is 5.82. The predicted octanol–water partition coefficient (Wildman–Crippen LogP) is 1.89. The highest BCUT2D eigenvalue weighted by atomic mass is 16.5. The maximum Gasteiger partial charge on any atom is 0.192 e. The number of benzene rings is 1. The van der Waals surface area contributed by atoms with E-state index in [-0.39, 0.29) is 11.2 Å². The monoisotopic (exact) mass is 289 g/mol. The molecule has 5 nitrogen and oxygen atoms in total. The largest absolute Gasteiger partial charge is 0.507 e. The molecule has 0 aliphatic carbocycles. The molecule has 1 N–H and O–H groups in total. The third kappa shape index (κ3) is 2.80. The quantitative estimate of drug-likeness (QED) is 0.935. The maximum atomic E-state index is 12.1. The summed E-state index contributed by atoms with van der Waals surface area (Å²) < 4.78 is 11.2. The van der Waals surface area contributed by atoms with Crippen molar-refractivity contribution < 1.29 is 14.3 Å². The van der Waals surface area contributed by atoms with Crippen molar-refractivity contribution in [2.45, 2.75) is 19.9 Å². The van der Waals surface area contributed by atoms with Crippen LogP contribution in [0.25, 0.3) is 11.0 Å². The molecular formula is C16H19NO4. The molecule has 3 rings (SSSR count). The van der Waals surface area contributed by atoms with Gasteiger partial charge in [-0.1, -0.05) is 6.92 Å².